The molecule has 0 atom stereocenters. The first-order chi connectivity index (χ1) is 6.24. The molecule has 0 aromatic heterocycles. The van der Waals surface area contributed by atoms with Crippen molar-refractivity contribution < 1.29 is 0 Å². The van der Waals surface area contributed by atoms with Gasteiger partial charge in [0, 0.05) is 31.0 Å². The lowest BCUT2D eigenvalue weighted by atomic mass is 10.1. The molecule has 1 aromatic rings. The number of benzene rings is 1. The summed E-state index contributed by atoms with van der Waals surface area (Å²) in [6, 6.07) is 5.53. The molecule has 1 aromatic carbocycles. The van der Waals surface area contributed by atoms with Crippen molar-refractivity contribution in [1.29, 1.82) is 0 Å². The fourth-order valence-electron chi connectivity index (χ4n) is 1.10. The molecule has 0 spiro atoms. The summed E-state index contributed by atoms with van der Waals surface area (Å²) in [7, 11) is 0. The summed E-state index contributed by atoms with van der Waals surface area (Å²) in [6.45, 7) is 2.17. The average Bonchev–Trinajstić information content (AvgIpc) is 2.09. The summed E-state index contributed by atoms with van der Waals surface area (Å²) < 4.78 is 0. The van der Waals surface area contributed by atoms with Crippen molar-refractivity contribution in [3.8, 4) is 0 Å². The van der Waals surface area contributed by atoms with E-state index in [-0.39, 0.29) is 12.4 Å². The molecule has 7 N–H and O–H groups in total. The molecule has 0 aliphatic heterocycles. The van der Waals surface area contributed by atoms with Gasteiger partial charge in [0.1, 0.15) is 0 Å². The molecule has 0 bridgehead atoms. The summed E-state index contributed by atoms with van der Waals surface area (Å²) in [4.78, 5) is 0. The third-order valence-corrected chi connectivity index (χ3v) is 1.81. The third-order valence-electron chi connectivity index (χ3n) is 1.81. The highest BCUT2D eigenvalue weighted by Gasteiger charge is 1.97. The minimum absolute atomic E-state index is 0. The van der Waals surface area contributed by atoms with Gasteiger partial charge in [-0.1, -0.05) is 6.07 Å². The van der Waals surface area contributed by atoms with Gasteiger partial charge in [-0.2, -0.15) is 0 Å². The predicted molar refractivity (Wildman–Crippen MR) is 63.3 cm³/mol. The number of rotatable bonds is 4. The van der Waals surface area contributed by atoms with E-state index in [1.165, 1.54) is 0 Å². The standard InChI is InChI=1S/C9H16N4.ClH/c10-3-4-13-6-7-1-2-8(11)5-9(7)12;/h1-2,5,13H,3-4,6,10-12H2;1H. The summed E-state index contributed by atoms with van der Waals surface area (Å²) in [5, 5.41) is 3.17. The number of hydrogen-bond acceptors (Lipinski definition) is 4. The van der Waals surface area contributed by atoms with Crippen LogP contribution in [0.3, 0.4) is 0 Å². The Balaban J connectivity index is 0.00000169. The van der Waals surface area contributed by atoms with Crippen molar-refractivity contribution in [2.75, 3.05) is 24.6 Å². The van der Waals surface area contributed by atoms with Crippen LogP contribution in [0.15, 0.2) is 18.2 Å². The molecule has 0 saturated heterocycles. The Morgan fingerprint density at radius 1 is 1.21 bits per heavy atom. The van der Waals surface area contributed by atoms with Crippen molar-refractivity contribution >= 4 is 23.8 Å². The van der Waals surface area contributed by atoms with Crippen LogP contribution in [-0.2, 0) is 6.54 Å². The second-order valence-corrected chi connectivity index (χ2v) is 2.92. The highest BCUT2D eigenvalue weighted by Crippen LogP contribution is 2.14. The molecule has 80 valence electrons. The number of anilines is 2. The van der Waals surface area contributed by atoms with Crippen molar-refractivity contribution in [2.45, 2.75) is 6.54 Å². The third kappa shape index (κ3) is 3.83. The first kappa shape index (κ1) is 13.0. The quantitative estimate of drug-likeness (QED) is 0.431. The van der Waals surface area contributed by atoms with Gasteiger partial charge in [0.15, 0.2) is 0 Å². The molecule has 0 fully saturated rings. The van der Waals surface area contributed by atoms with Crippen LogP contribution in [0.25, 0.3) is 0 Å². The molecule has 14 heavy (non-hydrogen) atoms. The smallest absolute Gasteiger partial charge is 0.0380 e. The van der Waals surface area contributed by atoms with E-state index >= 15 is 0 Å². The number of nitrogen functional groups attached to an aromatic ring is 2. The highest BCUT2D eigenvalue weighted by atomic mass is 35.5. The minimum atomic E-state index is 0. The van der Waals surface area contributed by atoms with Gasteiger partial charge < -0.3 is 22.5 Å². The molecule has 0 heterocycles. The van der Waals surface area contributed by atoms with E-state index in [2.05, 4.69) is 5.32 Å². The normalized spacial score (nSPS) is 9.50. The Hall–Kier alpha value is -0.970. The summed E-state index contributed by atoms with van der Waals surface area (Å²) in [5.74, 6) is 0. The molecule has 0 radical (unpaired) electrons. The van der Waals surface area contributed by atoms with Gasteiger partial charge >= 0.3 is 0 Å². The lowest BCUT2D eigenvalue weighted by Gasteiger charge is -2.07. The molecule has 0 amide bonds. The number of nitrogens with one attached hydrogen (secondary N) is 1. The second-order valence-electron chi connectivity index (χ2n) is 2.92. The van der Waals surface area contributed by atoms with Crippen LogP contribution in [0.1, 0.15) is 5.56 Å². The zero-order valence-electron chi connectivity index (χ0n) is 7.99. The van der Waals surface area contributed by atoms with E-state index < -0.39 is 0 Å². The van der Waals surface area contributed by atoms with Crippen molar-refractivity contribution in [3.63, 3.8) is 0 Å². The zero-order chi connectivity index (χ0) is 9.68. The van der Waals surface area contributed by atoms with Gasteiger partial charge in [0.25, 0.3) is 0 Å². The Morgan fingerprint density at radius 3 is 2.50 bits per heavy atom. The van der Waals surface area contributed by atoms with E-state index in [0.29, 0.717) is 12.2 Å². The maximum Gasteiger partial charge on any atom is 0.0380 e. The molecule has 0 aliphatic carbocycles. The van der Waals surface area contributed by atoms with Crippen LogP contribution in [-0.4, -0.2) is 13.1 Å². The highest BCUT2D eigenvalue weighted by molar-refractivity contribution is 5.85. The van der Waals surface area contributed by atoms with E-state index in [1.807, 2.05) is 12.1 Å². The molecular formula is C9H17ClN4. The molecule has 0 unspecified atom stereocenters. The predicted octanol–water partition coefficient (Wildman–Crippen LogP) is 0.321. The molecule has 5 heteroatoms. The summed E-state index contributed by atoms with van der Waals surface area (Å²) in [6.07, 6.45) is 0. The zero-order valence-corrected chi connectivity index (χ0v) is 8.81. The monoisotopic (exact) mass is 216 g/mol. The van der Waals surface area contributed by atoms with E-state index in [0.717, 1.165) is 24.3 Å². The topological polar surface area (TPSA) is 90.1 Å². The van der Waals surface area contributed by atoms with Gasteiger partial charge in [0.05, 0.1) is 0 Å². The Labute approximate surface area is 90.2 Å². The maximum absolute atomic E-state index is 5.75. The first-order valence-electron chi connectivity index (χ1n) is 4.28. The first-order valence-corrected chi connectivity index (χ1v) is 4.28. The fourth-order valence-corrected chi connectivity index (χ4v) is 1.10. The van der Waals surface area contributed by atoms with Gasteiger partial charge in [-0.25, -0.2) is 0 Å². The van der Waals surface area contributed by atoms with Crippen LogP contribution in [0.4, 0.5) is 11.4 Å². The number of nitrogens with two attached hydrogens (primary N) is 3. The Morgan fingerprint density at radius 2 is 1.93 bits per heavy atom. The van der Waals surface area contributed by atoms with Gasteiger partial charge in [-0.3, -0.25) is 0 Å². The SMILES string of the molecule is Cl.NCCNCc1ccc(N)cc1N. The molecule has 4 nitrogen and oxygen atoms in total. The van der Waals surface area contributed by atoms with Gasteiger partial charge in [0.2, 0.25) is 0 Å². The Bertz CT molecular complexity index is 278. The lowest BCUT2D eigenvalue weighted by Crippen LogP contribution is -2.22. The minimum Gasteiger partial charge on any atom is -0.399 e. The summed E-state index contributed by atoms with van der Waals surface area (Å²) >= 11 is 0. The molecule has 1 rings (SSSR count). The van der Waals surface area contributed by atoms with Crippen LogP contribution in [0.5, 0.6) is 0 Å². The van der Waals surface area contributed by atoms with Crippen LogP contribution >= 0.6 is 12.4 Å². The van der Waals surface area contributed by atoms with Crippen LogP contribution < -0.4 is 22.5 Å². The molecule has 0 aliphatic rings. The molecule has 0 saturated carbocycles. The summed E-state index contributed by atoms with van der Waals surface area (Å²) in [5.41, 5.74) is 19.1. The number of hydrogen-bond donors (Lipinski definition) is 4. The number of halogens is 1. The Kier molecular flexibility index (Phi) is 6.03. The van der Waals surface area contributed by atoms with Crippen molar-refractivity contribution in [1.82, 2.24) is 5.32 Å². The van der Waals surface area contributed by atoms with Gasteiger partial charge in [-0.15, -0.1) is 12.4 Å². The van der Waals surface area contributed by atoms with E-state index in [4.69, 9.17) is 17.2 Å². The van der Waals surface area contributed by atoms with Crippen LogP contribution in [0, 0.1) is 0 Å². The second kappa shape index (κ2) is 6.48. The van der Waals surface area contributed by atoms with Gasteiger partial charge in [-0.05, 0) is 17.7 Å². The van der Waals surface area contributed by atoms with Crippen molar-refractivity contribution in [2.24, 2.45) is 5.73 Å². The van der Waals surface area contributed by atoms with E-state index in [1.54, 1.807) is 6.07 Å². The molecular weight excluding hydrogens is 200 g/mol. The largest absolute Gasteiger partial charge is 0.399 e. The van der Waals surface area contributed by atoms with E-state index in [9.17, 15) is 0 Å². The lowest BCUT2D eigenvalue weighted by molar-refractivity contribution is 0.696. The maximum atomic E-state index is 5.75. The fraction of sp³-hybridized carbons (Fsp3) is 0.333. The average molecular weight is 217 g/mol. The van der Waals surface area contributed by atoms with Crippen LogP contribution in [0.2, 0.25) is 0 Å². The van der Waals surface area contributed by atoms with Crippen molar-refractivity contribution in [3.05, 3.63) is 23.8 Å².